The van der Waals surface area contributed by atoms with E-state index in [1.165, 1.54) is 6.21 Å². The molecule has 0 radical (unpaired) electrons. The molecule has 27 heavy (non-hydrogen) atoms. The lowest BCUT2D eigenvalue weighted by atomic mass is 10.2. The molecule has 2 aromatic carbocycles. The molecular formula is C18H16ClN3O5. The van der Waals surface area contributed by atoms with Gasteiger partial charge in [-0.1, -0.05) is 23.7 Å². The van der Waals surface area contributed by atoms with Gasteiger partial charge in [-0.25, -0.2) is 10.2 Å². The fourth-order valence-corrected chi connectivity index (χ4v) is 2.14. The lowest BCUT2D eigenvalue weighted by molar-refractivity contribution is -0.139. The van der Waals surface area contributed by atoms with E-state index in [1.54, 1.807) is 48.5 Å². The number of benzene rings is 2. The van der Waals surface area contributed by atoms with Gasteiger partial charge in [0, 0.05) is 0 Å². The molecule has 2 rings (SSSR count). The predicted octanol–water partition coefficient (Wildman–Crippen LogP) is 1.68. The van der Waals surface area contributed by atoms with Gasteiger partial charge in [0.05, 0.1) is 23.3 Å². The number of amides is 2. The highest BCUT2D eigenvalue weighted by molar-refractivity contribution is 6.33. The average molecular weight is 390 g/mol. The largest absolute Gasteiger partial charge is 0.482 e. The first kappa shape index (κ1) is 19.9. The molecule has 0 heterocycles. The number of carboxylic acid groups (broad SMARTS) is 1. The van der Waals surface area contributed by atoms with Gasteiger partial charge in [-0.05, 0) is 42.0 Å². The lowest BCUT2D eigenvalue weighted by Gasteiger charge is -2.05. The number of hydrogen-bond acceptors (Lipinski definition) is 5. The molecule has 0 aliphatic heterocycles. The van der Waals surface area contributed by atoms with Gasteiger partial charge in [0.25, 0.3) is 11.8 Å². The van der Waals surface area contributed by atoms with Crippen LogP contribution in [0.3, 0.4) is 0 Å². The second-order valence-electron chi connectivity index (χ2n) is 5.21. The van der Waals surface area contributed by atoms with E-state index in [9.17, 15) is 14.4 Å². The Balaban J connectivity index is 1.77. The number of halogens is 1. The fraction of sp³-hybridized carbons (Fsp3) is 0.111. The van der Waals surface area contributed by atoms with Crippen LogP contribution in [0.25, 0.3) is 0 Å². The molecule has 3 N–H and O–H groups in total. The van der Waals surface area contributed by atoms with Crippen LogP contribution in [0.5, 0.6) is 5.75 Å². The lowest BCUT2D eigenvalue weighted by Crippen LogP contribution is -2.35. The summed E-state index contributed by atoms with van der Waals surface area (Å²) in [5.41, 5.74) is 3.22. The highest BCUT2D eigenvalue weighted by Gasteiger charge is 2.10. The molecule has 9 heteroatoms. The van der Waals surface area contributed by atoms with Crippen molar-refractivity contribution in [3.8, 4) is 5.75 Å². The number of hydrazone groups is 1. The molecular weight excluding hydrogens is 374 g/mol. The van der Waals surface area contributed by atoms with Crippen LogP contribution in [-0.4, -0.2) is 42.3 Å². The van der Waals surface area contributed by atoms with E-state index in [4.69, 9.17) is 21.4 Å². The molecule has 140 valence electrons. The summed E-state index contributed by atoms with van der Waals surface area (Å²) in [7, 11) is 0. The smallest absolute Gasteiger partial charge is 0.341 e. The monoisotopic (exact) mass is 389 g/mol. The Morgan fingerprint density at radius 3 is 2.48 bits per heavy atom. The maximum atomic E-state index is 11.9. The third-order valence-corrected chi connectivity index (χ3v) is 3.50. The number of carbonyl (C=O) groups is 3. The average Bonchev–Trinajstić information content (AvgIpc) is 2.66. The molecule has 0 aliphatic rings. The van der Waals surface area contributed by atoms with E-state index < -0.39 is 24.4 Å². The second kappa shape index (κ2) is 9.93. The summed E-state index contributed by atoms with van der Waals surface area (Å²) >= 11 is 5.91. The van der Waals surface area contributed by atoms with Crippen LogP contribution in [0.1, 0.15) is 15.9 Å². The molecule has 0 unspecified atom stereocenters. The molecule has 8 nitrogen and oxygen atoms in total. The Morgan fingerprint density at radius 1 is 1.11 bits per heavy atom. The Hall–Kier alpha value is -3.39. The summed E-state index contributed by atoms with van der Waals surface area (Å²) in [5, 5.41) is 15.1. The molecule has 0 saturated carbocycles. The Labute approximate surface area is 159 Å². The van der Waals surface area contributed by atoms with Gasteiger partial charge >= 0.3 is 5.97 Å². The van der Waals surface area contributed by atoms with Crippen molar-refractivity contribution in [2.75, 3.05) is 13.2 Å². The molecule has 2 aromatic rings. The zero-order valence-corrected chi connectivity index (χ0v) is 14.8. The summed E-state index contributed by atoms with van der Waals surface area (Å²) in [6.45, 7) is -0.688. The fourth-order valence-electron chi connectivity index (χ4n) is 1.91. The summed E-state index contributed by atoms with van der Waals surface area (Å²) in [5.74, 6) is -1.63. The Kier molecular flexibility index (Phi) is 7.33. The second-order valence-corrected chi connectivity index (χ2v) is 5.61. The van der Waals surface area contributed by atoms with Crippen molar-refractivity contribution < 1.29 is 24.2 Å². The van der Waals surface area contributed by atoms with Gasteiger partial charge in [-0.15, -0.1) is 0 Å². The van der Waals surface area contributed by atoms with Gasteiger partial charge in [0.2, 0.25) is 0 Å². The molecule has 0 fully saturated rings. The summed E-state index contributed by atoms with van der Waals surface area (Å²) in [6, 6.07) is 13.0. The number of carboxylic acids is 1. The topological polar surface area (TPSA) is 117 Å². The van der Waals surface area contributed by atoms with Gasteiger partial charge in [0.1, 0.15) is 5.75 Å². The molecule has 0 saturated heterocycles. The maximum Gasteiger partial charge on any atom is 0.341 e. The van der Waals surface area contributed by atoms with Crippen LogP contribution in [0, 0.1) is 0 Å². The minimum Gasteiger partial charge on any atom is -0.482 e. The maximum absolute atomic E-state index is 11.9. The Morgan fingerprint density at radius 2 is 1.81 bits per heavy atom. The van der Waals surface area contributed by atoms with Crippen molar-refractivity contribution >= 4 is 35.6 Å². The number of aliphatic carboxylic acids is 1. The van der Waals surface area contributed by atoms with E-state index in [0.717, 1.165) is 0 Å². The van der Waals surface area contributed by atoms with Crippen LogP contribution in [0.15, 0.2) is 53.6 Å². The number of ether oxygens (including phenoxy) is 1. The Bertz CT molecular complexity index is 852. The van der Waals surface area contributed by atoms with Crippen LogP contribution in [0.4, 0.5) is 0 Å². The van der Waals surface area contributed by atoms with E-state index in [0.29, 0.717) is 16.3 Å². The number of rotatable bonds is 8. The van der Waals surface area contributed by atoms with Crippen LogP contribution < -0.4 is 15.5 Å². The van der Waals surface area contributed by atoms with Crippen molar-refractivity contribution in [3.63, 3.8) is 0 Å². The van der Waals surface area contributed by atoms with E-state index in [1.807, 2.05) is 0 Å². The predicted molar refractivity (Wildman–Crippen MR) is 99.1 cm³/mol. The van der Waals surface area contributed by atoms with Crippen molar-refractivity contribution in [1.82, 2.24) is 10.7 Å². The van der Waals surface area contributed by atoms with Crippen molar-refractivity contribution in [1.29, 1.82) is 0 Å². The summed E-state index contributed by atoms with van der Waals surface area (Å²) < 4.78 is 5.00. The molecule has 0 atom stereocenters. The van der Waals surface area contributed by atoms with E-state index in [-0.39, 0.29) is 12.1 Å². The molecule has 0 aliphatic carbocycles. The number of carbonyl (C=O) groups excluding carboxylic acids is 2. The zero-order valence-electron chi connectivity index (χ0n) is 14.0. The van der Waals surface area contributed by atoms with Gasteiger partial charge < -0.3 is 15.2 Å². The first-order valence-electron chi connectivity index (χ1n) is 7.75. The molecule has 0 spiro atoms. The van der Waals surface area contributed by atoms with E-state index >= 15 is 0 Å². The summed E-state index contributed by atoms with van der Waals surface area (Å²) in [4.78, 5) is 34.1. The quantitative estimate of drug-likeness (QED) is 0.469. The van der Waals surface area contributed by atoms with Crippen molar-refractivity contribution in [2.24, 2.45) is 5.10 Å². The zero-order chi connectivity index (χ0) is 19.6. The van der Waals surface area contributed by atoms with Gasteiger partial charge in [-0.3, -0.25) is 9.59 Å². The minimum absolute atomic E-state index is 0.261. The third kappa shape index (κ3) is 6.79. The number of nitrogens with zero attached hydrogens (tertiary/aromatic N) is 1. The number of nitrogens with one attached hydrogen (secondary N) is 2. The van der Waals surface area contributed by atoms with E-state index in [2.05, 4.69) is 15.8 Å². The van der Waals surface area contributed by atoms with Crippen LogP contribution in [-0.2, 0) is 9.59 Å². The highest BCUT2D eigenvalue weighted by atomic mass is 35.5. The SMILES string of the molecule is O=C(O)COc1ccc(C=NNC(=O)CNC(=O)c2ccccc2Cl)cc1. The van der Waals surface area contributed by atoms with Gasteiger partial charge in [-0.2, -0.15) is 5.10 Å². The first-order chi connectivity index (χ1) is 13.0. The van der Waals surface area contributed by atoms with Gasteiger partial charge in [0.15, 0.2) is 6.61 Å². The molecule has 2 amide bonds. The molecule has 0 aromatic heterocycles. The highest BCUT2D eigenvalue weighted by Crippen LogP contribution is 2.14. The van der Waals surface area contributed by atoms with Crippen molar-refractivity contribution in [3.05, 3.63) is 64.7 Å². The van der Waals surface area contributed by atoms with Crippen LogP contribution in [0.2, 0.25) is 5.02 Å². The number of hydrogen-bond donors (Lipinski definition) is 3. The first-order valence-corrected chi connectivity index (χ1v) is 8.13. The summed E-state index contributed by atoms with van der Waals surface area (Å²) in [6.07, 6.45) is 1.40. The van der Waals surface area contributed by atoms with Crippen LogP contribution >= 0.6 is 11.6 Å². The minimum atomic E-state index is -1.06. The molecule has 0 bridgehead atoms. The third-order valence-electron chi connectivity index (χ3n) is 3.17. The standard InChI is InChI=1S/C18H16ClN3O5/c19-15-4-2-1-3-14(15)18(26)20-10-16(23)22-21-9-12-5-7-13(8-6-12)27-11-17(24)25/h1-9H,10-11H2,(H,20,26)(H,22,23)(H,24,25). The van der Waals surface area contributed by atoms with Crippen molar-refractivity contribution in [2.45, 2.75) is 0 Å². The normalized spacial score (nSPS) is 10.4.